The topological polar surface area (TPSA) is 35.2 Å². The summed E-state index contributed by atoms with van der Waals surface area (Å²) >= 11 is 0. The van der Waals surface area contributed by atoms with Gasteiger partial charge in [0.05, 0.1) is 13.2 Å². The van der Waals surface area contributed by atoms with E-state index in [-0.39, 0.29) is 11.6 Å². The Morgan fingerprint density at radius 1 is 1.00 bits per heavy atom. The summed E-state index contributed by atoms with van der Waals surface area (Å²) in [4.78, 5) is 0. The predicted molar refractivity (Wildman–Crippen MR) is 65.4 cm³/mol. The van der Waals surface area contributed by atoms with Crippen LogP contribution in [0.3, 0.4) is 0 Å². The molecule has 0 amide bonds. The molecule has 2 rings (SSSR count). The minimum absolute atomic E-state index is 0.322. The average molecular weight is 249 g/mol. The van der Waals surface area contributed by atoms with Crippen molar-refractivity contribution >= 4 is 0 Å². The lowest BCUT2D eigenvalue weighted by molar-refractivity contribution is 0.404. The van der Waals surface area contributed by atoms with Crippen molar-refractivity contribution in [2.75, 3.05) is 7.11 Å². The maximum absolute atomic E-state index is 13.1. The van der Waals surface area contributed by atoms with Crippen LogP contribution >= 0.6 is 0 Å². The number of ether oxygens (including phenoxy) is 1. The largest absolute Gasteiger partial charge is 0.496 e. The third-order valence-corrected chi connectivity index (χ3v) is 2.76. The Morgan fingerprint density at radius 2 is 1.61 bits per heavy atom. The molecule has 0 aromatic heterocycles. The van der Waals surface area contributed by atoms with Crippen LogP contribution in [0.15, 0.2) is 42.5 Å². The Bertz CT molecular complexity index is 540. The second-order valence-corrected chi connectivity index (χ2v) is 3.92. The molecule has 0 fully saturated rings. The molecule has 4 heteroatoms. The molecule has 2 aromatic carbocycles. The number of rotatable bonds is 3. The van der Waals surface area contributed by atoms with Gasteiger partial charge in [-0.3, -0.25) is 0 Å². The molecule has 0 bridgehead atoms. The first-order valence-corrected chi connectivity index (χ1v) is 5.46. The van der Waals surface area contributed by atoms with Crippen molar-refractivity contribution in [1.82, 2.24) is 0 Å². The minimum Gasteiger partial charge on any atom is -0.496 e. The highest BCUT2D eigenvalue weighted by Gasteiger charge is 2.14. The Morgan fingerprint density at radius 3 is 2.22 bits per heavy atom. The standard InChI is InChI=1S/C14H13F2NO/c1-18-13-8-11(16)6-7-12(13)14(17)9-2-4-10(15)5-3-9/h2-8,14H,17H2,1H3/t14-/m1/s1. The zero-order valence-corrected chi connectivity index (χ0v) is 9.86. The molecule has 0 saturated heterocycles. The first-order valence-electron chi connectivity index (χ1n) is 5.46. The second kappa shape index (κ2) is 5.14. The third-order valence-electron chi connectivity index (χ3n) is 2.76. The normalized spacial score (nSPS) is 12.2. The zero-order chi connectivity index (χ0) is 13.1. The van der Waals surface area contributed by atoms with Gasteiger partial charge in [0.1, 0.15) is 17.4 Å². The van der Waals surface area contributed by atoms with E-state index in [1.165, 1.54) is 31.4 Å². The molecule has 94 valence electrons. The first-order chi connectivity index (χ1) is 8.61. The first kappa shape index (κ1) is 12.5. The fourth-order valence-corrected chi connectivity index (χ4v) is 1.79. The van der Waals surface area contributed by atoms with Crippen LogP contribution in [0.1, 0.15) is 17.2 Å². The highest BCUT2D eigenvalue weighted by atomic mass is 19.1. The van der Waals surface area contributed by atoms with Crippen LogP contribution in [0.4, 0.5) is 8.78 Å². The van der Waals surface area contributed by atoms with Crippen LogP contribution in [-0.2, 0) is 0 Å². The van der Waals surface area contributed by atoms with E-state index in [1.807, 2.05) is 0 Å². The second-order valence-electron chi connectivity index (χ2n) is 3.92. The van der Waals surface area contributed by atoms with Gasteiger partial charge in [0.15, 0.2) is 0 Å². The molecule has 0 spiro atoms. The van der Waals surface area contributed by atoms with Gasteiger partial charge in [-0.25, -0.2) is 8.78 Å². The van der Waals surface area contributed by atoms with Crippen molar-refractivity contribution in [2.24, 2.45) is 5.73 Å². The van der Waals surface area contributed by atoms with Gasteiger partial charge in [-0.2, -0.15) is 0 Å². The molecule has 0 heterocycles. The molecule has 2 N–H and O–H groups in total. The van der Waals surface area contributed by atoms with Crippen molar-refractivity contribution < 1.29 is 13.5 Å². The van der Waals surface area contributed by atoms with Crippen LogP contribution in [-0.4, -0.2) is 7.11 Å². The molecule has 18 heavy (non-hydrogen) atoms. The van der Waals surface area contributed by atoms with E-state index < -0.39 is 6.04 Å². The van der Waals surface area contributed by atoms with Gasteiger partial charge < -0.3 is 10.5 Å². The molecule has 0 saturated carbocycles. The highest BCUT2D eigenvalue weighted by Crippen LogP contribution is 2.28. The van der Waals surface area contributed by atoms with Gasteiger partial charge in [0, 0.05) is 11.6 Å². The summed E-state index contributed by atoms with van der Waals surface area (Å²) in [6.45, 7) is 0. The number of halogens is 2. The monoisotopic (exact) mass is 249 g/mol. The minimum atomic E-state index is -0.485. The van der Waals surface area contributed by atoms with E-state index in [0.717, 1.165) is 5.56 Å². The molecule has 0 unspecified atom stereocenters. The van der Waals surface area contributed by atoms with Crippen molar-refractivity contribution in [3.05, 3.63) is 65.2 Å². The summed E-state index contributed by atoms with van der Waals surface area (Å²) in [6, 6.07) is 9.56. The maximum atomic E-state index is 13.1. The summed E-state index contributed by atoms with van der Waals surface area (Å²) in [6.07, 6.45) is 0. The van der Waals surface area contributed by atoms with Gasteiger partial charge in [-0.15, -0.1) is 0 Å². The van der Waals surface area contributed by atoms with Gasteiger partial charge in [0.25, 0.3) is 0 Å². The molecule has 0 aliphatic heterocycles. The Balaban J connectivity index is 2.39. The van der Waals surface area contributed by atoms with E-state index in [0.29, 0.717) is 11.3 Å². The van der Waals surface area contributed by atoms with Gasteiger partial charge in [-0.1, -0.05) is 18.2 Å². The Labute approximate surface area is 104 Å². The number of hydrogen-bond donors (Lipinski definition) is 1. The summed E-state index contributed by atoms with van der Waals surface area (Å²) in [5.41, 5.74) is 7.46. The number of hydrogen-bond acceptors (Lipinski definition) is 2. The number of benzene rings is 2. The van der Waals surface area contributed by atoms with E-state index in [9.17, 15) is 8.78 Å². The average Bonchev–Trinajstić information content (AvgIpc) is 2.38. The van der Waals surface area contributed by atoms with E-state index in [4.69, 9.17) is 10.5 Å². The van der Waals surface area contributed by atoms with Crippen LogP contribution in [0, 0.1) is 11.6 Å². The summed E-state index contributed by atoms with van der Waals surface area (Å²) in [7, 11) is 1.45. The maximum Gasteiger partial charge on any atom is 0.126 e. The molecule has 0 radical (unpaired) electrons. The lowest BCUT2D eigenvalue weighted by Crippen LogP contribution is -2.13. The van der Waals surface area contributed by atoms with Crippen molar-refractivity contribution in [2.45, 2.75) is 6.04 Å². The van der Waals surface area contributed by atoms with Crippen LogP contribution in [0.5, 0.6) is 5.75 Å². The smallest absolute Gasteiger partial charge is 0.126 e. The lowest BCUT2D eigenvalue weighted by Gasteiger charge is -2.16. The van der Waals surface area contributed by atoms with Crippen LogP contribution < -0.4 is 10.5 Å². The summed E-state index contributed by atoms with van der Waals surface area (Å²) in [5, 5.41) is 0. The fraction of sp³-hybridized carbons (Fsp3) is 0.143. The SMILES string of the molecule is COc1cc(F)ccc1[C@H](N)c1ccc(F)cc1. The highest BCUT2D eigenvalue weighted by molar-refractivity contribution is 5.41. The van der Waals surface area contributed by atoms with Gasteiger partial charge in [0.2, 0.25) is 0 Å². The third kappa shape index (κ3) is 2.49. The fourth-order valence-electron chi connectivity index (χ4n) is 1.79. The van der Waals surface area contributed by atoms with E-state index in [2.05, 4.69) is 0 Å². The zero-order valence-electron chi connectivity index (χ0n) is 9.86. The quantitative estimate of drug-likeness (QED) is 0.907. The lowest BCUT2D eigenvalue weighted by atomic mass is 9.98. The Kier molecular flexibility index (Phi) is 3.58. The molecule has 1 atom stereocenters. The molecule has 0 aliphatic rings. The Hall–Kier alpha value is -1.94. The molecular weight excluding hydrogens is 236 g/mol. The number of methoxy groups -OCH3 is 1. The van der Waals surface area contributed by atoms with Crippen molar-refractivity contribution in [3.63, 3.8) is 0 Å². The van der Waals surface area contributed by atoms with Crippen molar-refractivity contribution in [1.29, 1.82) is 0 Å². The molecular formula is C14H13F2NO. The van der Waals surface area contributed by atoms with Crippen LogP contribution in [0.25, 0.3) is 0 Å². The summed E-state index contributed by atoms with van der Waals surface area (Å²) < 4.78 is 31.0. The van der Waals surface area contributed by atoms with Gasteiger partial charge in [-0.05, 0) is 23.8 Å². The van der Waals surface area contributed by atoms with Gasteiger partial charge >= 0.3 is 0 Å². The number of nitrogens with two attached hydrogens (primary N) is 1. The van der Waals surface area contributed by atoms with Crippen molar-refractivity contribution in [3.8, 4) is 5.75 Å². The molecule has 2 nitrogen and oxygen atoms in total. The van der Waals surface area contributed by atoms with E-state index >= 15 is 0 Å². The van der Waals surface area contributed by atoms with Crippen LogP contribution in [0.2, 0.25) is 0 Å². The summed E-state index contributed by atoms with van der Waals surface area (Å²) in [5.74, 6) is -0.328. The predicted octanol–water partition coefficient (Wildman–Crippen LogP) is 3.02. The van der Waals surface area contributed by atoms with E-state index in [1.54, 1.807) is 18.2 Å². The molecule has 0 aliphatic carbocycles. The molecule has 2 aromatic rings.